The SMILES string of the molecule is CCNC(Cc1ccncc1Cl)C(C)(CC)OCC. The number of nitrogens with one attached hydrogen (secondary N) is 1. The van der Waals surface area contributed by atoms with Crippen LogP contribution in [0.4, 0.5) is 0 Å². The van der Waals surface area contributed by atoms with Gasteiger partial charge >= 0.3 is 0 Å². The topological polar surface area (TPSA) is 34.2 Å². The Morgan fingerprint density at radius 3 is 2.68 bits per heavy atom. The molecule has 108 valence electrons. The lowest BCUT2D eigenvalue weighted by atomic mass is 9.88. The summed E-state index contributed by atoms with van der Waals surface area (Å²) in [5.41, 5.74) is 0.930. The molecule has 1 heterocycles. The molecule has 1 aromatic heterocycles. The van der Waals surface area contributed by atoms with Crippen molar-refractivity contribution in [2.75, 3.05) is 13.2 Å². The monoisotopic (exact) mass is 284 g/mol. The van der Waals surface area contributed by atoms with E-state index in [1.807, 2.05) is 13.0 Å². The van der Waals surface area contributed by atoms with Crippen LogP contribution in [0.1, 0.15) is 39.7 Å². The maximum absolute atomic E-state index is 6.21. The quantitative estimate of drug-likeness (QED) is 0.794. The average molecular weight is 285 g/mol. The van der Waals surface area contributed by atoms with Crippen molar-refractivity contribution >= 4 is 11.6 Å². The Hall–Kier alpha value is -0.640. The molecule has 0 fully saturated rings. The minimum atomic E-state index is -0.183. The molecule has 0 saturated heterocycles. The van der Waals surface area contributed by atoms with Crippen LogP contribution in [0.2, 0.25) is 5.02 Å². The van der Waals surface area contributed by atoms with Crippen molar-refractivity contribution < 1.29 is 4.74 Å². The van der Waals surface area contributed by atoms with E-state index in [9.17, 15) is 0 Å². The molecule has 4 heteroatoms. The summed E-state index contributed by atoms with van der Waals surface area (Å²) in [7, 11) is 0. The molecular formula is C15H25ClN2O. The van der Waals surface area contributed by atoms with Crippen LogP contribution in [0.25, 0.3) is 0 Å². The van der Waals surface area contributed by atoms with Gasteiger partial charge in [0.2, 0.25) is 0 Å². The third-order valence-electron chi connectivity index (χ3n) is 3.64. The first-order valence-corrected chi connectivity index (χ1v) is 7.40. The first-order chi connectivity index (χ1) is 9.07. The fraction of sp³-hybridized carbons (Fsp3) is 0.667. The molecule has 19 heavy (non-hydrogen) atoms. The smallest absolute Gasteiger partial charge is 0.0807 e. The van der Waals surface area contributed by atoms with Gasteiger partial charge in [0.25, 0.3) is 0 Å². The molecular weight excluding hydrogens is 260 g/mol. The zero-order valence-corrected chi connectivity index (χ0v) is 13.1. The van der Waals surface area contributed by atoms with Gasteiger partial charge in [-0.05, 0) is 44.9 Å². The fourth-order valence-electron chi connectivity index (χ4n) is 2.32. The van der Waals surface area contributed by atoms with Crippen LogP contribution in [-0.4, -0.2) is 29.8 Å². The number of hydrogen-bond acceptors (Lipinski definition) is 3. The Kier molecular flexibility index (Phi) is 6.76. The van der Waals surface area contributed by atoms with Crippen LogP contribution < -0.4 is 5.32 Å². The van der Waals surface area contributed by atoms with Gasteiger partial charge in [-0.15, -0.1) is 0 Å². The summed E-state index contributed by atoms with van der Waals surface area (Å²) in [5.74, 6) is 0. The number of likely N-dealkylation sites (N-methyl/N-ethyl adjacent to an activating group) is 1. The predicted molar refractivity (Wildman–Crippen MR) is 80.7 cm³/mol. The lowest BCUT2D eigenvalue weighted by molar-refractivity contribution is -0.0546. The van der Waals surface area contributed by atoms with E-state index >= 15 is 0 Å². The fourth-order valence-corrected chi connectivity index (χ4v) is 2.52. The van der Waals surface area contributed by atoms with Gasteiger partial charge in [-0.2, -0.15) is 0 Å². The number of ether oxygens (including phenoxy) is 1. The summed E-state index contributed by atoms with van der Waals surface area (Å²) >= 11 is 6.21. The Labute approximate surface area is 121 Å². The van der Waals surface area contributed by atoms with Gasteiger partial charge in [0.15, 0.2) is 0 Å². The summed E-state index contributed by atoms with van der Waals surface area (Å²) in [6.07, 6.45) is 5.29. The molecule has 0 radical (unpaired) electrons. The summed E-state index contributed by atoms with van der Waals surface area (Å²) < 4.78 is 5.98. The molecule has 0 aliphatic heterocycles. The first-order valence-electron chi connectivity index (χ1n) is 7.03. The van der Waals surface area contributed by atoms with Gasteiger partial charge < -0.3 is 10.1 Å². The highest BCUT2D eigenvalue weighted by Crippen LogP contribution is 2.25. The third kappa shape index (κ3) is 4.44. The molecule has 1 rings (SSSR count). The van der Waals surface area contributed by atoms with Gasteiger partial charge in [-0.3, -0.25) is 4.98 Å². The molecule has 0 spiro atoms. The zero-order chi connectivity index (χ0) is 14.3. The molecule has 2 unspecified atom stereocenters. The maximum Gasteiger partial charge on any atom is 0.0807 e. The summed E-state index contributed by atoms with van der Waals surface area (Å²) in [6, 6.07) is 2.22. The average Bonchev–Trinajstić information content (AvgIpc) is 2.40. The second kappa shape index (κ2) is 7.83. The van der Waals surface area contributed by atoms with Crippen LogP contribution in [0, 0.1) is 0 Å². The van der Waals surface area contributed by atoms with E-state index < -0.39 is 0 Å². The Balaban J connectivity index is 2.91. The van der Waals surface area contributed by atoms with Crippen molar-refractivity contribution in [1.82, 2.24) is 10.3 Å². The van der Waals surface area contributed by atoms with Crippen molar-refractivity contribution in [1.29, 1.82) is 0 Å². The summed E-state index contributed by atoms with van der Waals surface area (Å²) in [5, 5.41) is 4.25. The van der Waals surface area contributed by atoms with Crippen molar-refractivity contribution in [2.24, 2.45) is 0 Å². The van der Waals surface area contributed by atoms with Gasteiger partial charge in [0.1, 0.15) is 0 Å². The van der Waals surface area contributed by atoms with Crippen LogP contribution in [0.5, 0.6) is 0 Å². The normalized spacial score (nSPS) is 16.1. The molecule has 1 aromatic rings. The highest BCUT2D eigenvalue weighted by Gasteiger charge is 2.33. The van der Waals surface area contributed by atoms with Crippen molar-refractivity contribution in [3.8, 4) is 0 Å². The van der Waals surface area contributed by atoms with Gasteiger partial charge in [0.05, 0.1) is 10.6 Å². The first kappa shape index (κ1) is 16.4. The van der Waals surface area contributed by atoms with Crippen LogP contribution >= 0.6 is 11.6 Å². The summed E-state index contributed by atoms with van der Waals surface area (Å²) in [6.45, 7) is 10.1. The van der Waals surface area contributed by atoms with Crippen LogP contribution in [-0.2, 0) is 11.2 Å². The van der Waals surface area contributed by atoms with Crippen LogP contribution in [0.15, 0.2) is 18.5 Å². The van der Waals surface area contributed by atoms with Crippen LogP contribution in [0.3, 0.4) is 0 Å². The van der Waals surface area contributed by atoms with Gasteiger partial charge in [0, 0.05) is 25.0 Å². The number of pyridine rings is 1. The van der Waals surface area contributed by atoms with Crippen molar-refractivity contribution in [3.63, 3.8) is 0 Å². The number of halogens is 1. The Morgan fingerprint density at radius 1 is 1.42 bits per heavy atom. The highest BCUT2D eigenvalue weighted by atomic mass is 35.5. The predicted octanol–water partition coefficient (Wildman–Crippen LogP) is 3.46. The highest BCUT2D eigenvalue weighted by molar-refractivity contribution is 6.31. The van der Waals surface area contributed by atoms with Gasteiger partial charge in [-0.25, -0.2) is 0 Å². The molecule has 0 aromatic carbocycles. The molecule has 0 saturated carbocycles. The molecule has 0 amide bonds. The number of rotatable bonds is 8. The van der Waals surface area contributed by atoms with E-state index in [2.05, 4.69) is 31.1 Å². The van der Waals surface area contributed by atoms with E-state index in [0.717, 1.165) is 36.6 Å². The molecule has 2 atom stereocenters. The number of hydrogen-bond donors (Lipinski definition) is 1. The largest absolute Gasteiger partial charge is 0.374 e. The zero-order valence-electron chi connectivity index (χ0n) is 12.4. The van der Waals surface area contributed by atoms with Crippen molar-refractivity contribution in [2.45, 2.75) is 52.2 Å². The van der Waals surface area contributed by atoms with E-state index in [1.165, 1.54) is 0 Å². The molecule has 3 nitrogen and oxygen atoms in total. The molecule has 1 N–H and O–H groups in total. The Bertz CT molecular complexity index is 386. The number of aromatic nitrogens is 1. The lowest BCUT2D eigenvalue weighted by Crippen LogP contribution is -2.51. The molecule has 0 aliphatic rings. The van der Waals surface area contributed by atoms with E-state index in [4.69, 9.17) is 16.3 Å². The second-order valence-electron chi connectivity index (χ2n) is 4.88. The van der Waals surface area contributed by atoms with Gasteiger partial charge in [-0.1, -0.05) is 25.4 Å². The van der Waals surface area contributed by atoms with E-state index in [-0.39, 0.29) is 11.6 Å². The van der Waals surface area contributed by atoms with E-state index in [0.29, 0.717) is 0 Å². The van der Waals surface area contributed by atoms with Crippen molar-refractivity contribution in [3.05, 3.63) is 29.0 Å². The summed E-state index contributed by atoms with van der Waals surface area (Å²) in [4.78, 5) is 4.03. The third-order valence-corrected chi connectivity index (χ3v) is 3.98. The van der Waals surface area contributed by atoms with E-state index in [1.54, 1.807) is 12.4 Å². The number of nitrogens with zero attached hydrogens (tertiary/aromatic N) is 1. The maximum atomic E-state index is 6.21. The molecule has 0 bridgehead atoms. The minimum Gasteiger partial charge on any atom is -0.374 e. The minimum absolute atomic E-state index is 0.183. The standard InChI is InChI=1S/C15H25ClN2O/c1-5-15(4,19-7-3)14(18-6-2)10-12-8-9-17-11-13(12)16/h8-9,11,14,18H,5-7,10H2,1-4H3. The molecule has 0 aliphatic carbocycles. The second-order valence-corrected chi connectivity index (χ2v) is 5.29. The lowest BCUT2D eigenvalue weighted by Gasteiger charge is -2.37. The Morgan fingerprint density at radius 2 is 2.16 bits per heavy atom.